The highest BCUT2D eigenvalue weighted by atomic mass is 127. The van der Waals surface area contributed by atoms with Crippen molar-refractivity contribution in [1.29, 1.82) is 0 Å². The number of anilines is 3. The number of rotatable bonds is 4. The molecular formula is C18H14IN7. The van der Waals surface area contributed by atoms with Crippen LogP contribution in [0, 0.1) is 0 Å². The van der Waals surface area contributed by atoms with E-state index in [2.05, 4.69) is 65.0 Å². The van der Waals surface area contributed by atoms with E-state index in [1.54, 1.807) is 30.9 Å². The maximum Gasteiger partial charge on any atom is 0.184 e. The number of hydrogen-bond acceptors (Lipinski definition) is 7. The molecule has 4 rings (SSSR count). The number of halogens is 1. The third-order valence-corrected chi connectivity index (χ3v) is 4.66. The number of pyridine rings is 1. The van der Waals surface area contributed by atoms with Crippen LogP contribution in [-0.2, 0) is 4.43 Å². The Morgan fingerprint density at radius 2 is 1.92 bits per heavy atom. The number of hydrogen-bond donors (Lipinski definition) is 2. The van der Waals surface area contributed by atoms with E-state index in [0.717, 1.165) is 9.99 Å². The van der Waals surface area contributed by atoms with E-state index in [1.807, 2.05) is 12.1 Å². The zero-order valence-electron chi connectivity index (χ0n) is 13.6. The third kappa shape index (κ3) is 3.27. The molecule has 0 saturated carbocycles. The number of fused-ring (bicyclic) bond motifs is 1. The second-order valence-corrected chi connectivity index (χ2v) is 6.31. The van der Waals surface area contributed by atoms with Gasteiger partial charge in [0, 0.05) is 28.6 Å². The van der Waals surface area contributed by atoms with Gasteiger partial charge in [-0.3, -0.25) is 4.98 Å². The zero-order chi connectivity index (χ0) is 17.9. The number of nitrogen functional groups attached to an aromatic ring is 1. The van der Waals surface area contributed by atoms with Gasteiger partial charge in [0.2, 0.25) is 0 Å². The first-order valence-electron chi connectivity index (χ1n) is 7.85. The molecule has 3 heterocycles. The molecule has 3 aromatic heterocycles. The SMILES string of the molecule is Nc1cnccc1Nc1nc(-c2cccc(CI)c2)nc2nccnc12. The van der Waals surface area contributed by atoms with Crippen molar-refractivity contribution in [3.05, 3.63) is 60.7 Å². The van der Waals surface area contributed by atoms with Crippen molar-refractivity contribution in [3.63, 3.8) is 0 Å². The lowest BCUT2D eigenvalue weighted by Gasteiger charge is -2.11. The third-order valence-electron chi connectivity index (χ3n) is 3.78. The van der Waals surface area contributed by atoms with Gasteiger partial charge in [-0.05, 0) is 17.7 Å². The predicted octanol–water partition coefficient (Wildman–Crippen LogP) is 3.74. The number of benzene rings is 1. The quantitative estimate of drug-likeness (QED) is 0.357. The van der Waals surface area contributed by atoms with Crippen molar-refractivity contribution in [2.75, 3.05) is 11.1 Å². The molecule has 7 nitrogen and oxygen atoms in total. The molecule has 3 N–H and O–H groups in total. The van der Waals surface area contributed by atoms with Gasteiger partial charge >= 0.3 is 0 Å². The minimum Gasteiger partial charge on any atom is -0.396 e. The van der Waals surface area contributed by atoms with Gasteiger partial charge < -0.3 is 11.1 Å². The Balaban J connectivity index is 1.87. The second kappa shape index (κ2) is 7.16. The van der Waals surface area contributed by atoms with Crippen LogP contribution in [0.3, 0.4) is 0 Å². The molecule has 4 aromatic rings. The predicted molar refractivity (Wildman–Crippen MR) is 110 cm³/mol. The van der Waals surface area contributed by atoms with Crippen LogP contribution in [0.4, 0.5) is 17.2 Å². The molecule has 128 valence electrons. The number of nitrogens with two attached hydrogens (primary N) is 1. The van der Waals surface area contributed by atoms with E-state index < -0.39 is 0 Å². The van der Waals surface area contributed by atoms with Crippen LogP contribution >= 0.6 is 22.6 Å². The first kappa shape index (κ1) is 16.6. The maximum absolute atomic E-state index is 5.99. The summed E-state index contributed by atoms with van der Waals surface area (Å²) in [4.78, 5) is 22.0. The van der Waals surface area contributed by atoms with E-state index in [-0.39, 0.29) is 0 Å². The first-order valence-corrected chi connectivity index (χ1v) is 9.37. The molecule has 1 aromatic carbocycles. The van der Waals surface area contributed by atoms with Crippen molar-refractivity contribution in [1.82, 2.24) is 24.9 Å². The average molecular weight is 455 g/mol. The van der Waals surface area contributed by atoms with Gasteiger partial charge in [-0.15, -0.1) is 0 Å². The second-order valence-electron chi connectivity index (χ2n) is 5.55. The lowest BCUT2D eigenvalue weighted by Crippen LogP contribution is -2.03. The van der Waals surface area contributed by atoms with Crippen molar-refractivity contribution in [3.8, 4) is 11.4 Å². The fourth-order valence-corrected chi connectivity index (χ4v) is 3.00. The van der Waals surface area contributed by atoms with Crippen molar-refractivity contribution in [2.45, 2.75) is 4.43 Å². The first-order chi connectivity index (χ1) is 12.7. The smallest absolute Gasteiger partial charge is 0.184 e. The maximum atomic E-state index is 5.99. The molecule has 0 spiro atoms. The lowest BCUT2D eigenvalue weighted by atomic mass is 10.1. The van der Waals surface area contributed by atoms with Crippen LogP contribution < -0.4 is 11.1 Å². The van der Waals surface area contributed by atoms with Crippen molar-refractivity contribution >= 4 is 50.9 Å². The van der Waals surface area contributed by atoms with Gasteiger partial charge in [0.1, 0.15) is 0 Å². The van der Waals surface area contributed by atoms with Crippen LogP contribution in [0.2, 0.25) is 0 Å². The minimum absolute atomic E-state index is 0.521. The topological polar surface area (TPSA) is 102 Å². The van der Waals surface area contributed by atoms with Crippen LogP contribution in [0.5, 0.6) is 0 Å². The van der Waals surface area contributed by atoms with Crippen molar-refractivity contribution < 1.29 is 0 Å². The molecule has 8 heteroatoms. The molecule has 26 heavy (non-hydrogen) atoms. The standard InChI is InChI=1S/C18H14IN7/c19-9-11-2-1-3-12(8-11)16-25-17-15(22-6-7-23-17)18(26-16)24-14-4-5-21-10-13(14)20/h1-8,10H,9,20H2,(H,21,23,24,25,26). The Morgan fingerprint density at radius 1 is 1.04 bits per heavy atom. The molecule has 0 atom stereocenters. The highest BCUT2D eigenvalue weighted by molar-refractivity contribution is 14.1. The van der Waals surface area contributed by atoms with Gasteiger partial charge in [0.05, 0.1) is 17.6 Å². The Morgan fingerprint density at radius 3 is 2.77 bits per heavy atom. The number of nitrogens with zero attached hydrogens (tertiary/aromatic N) is 5. The van der Waals surface area contributed by atoms with E-state index in [0.29, 0.717) is 34.2 Å². The van der Waals surface area contributed by atoms with Gasteiger partial charge in [0.15, 0.2) is 22.8 Å². The molecule has 0 amide bonds. The summed E-state index contributed by atoms with van der Waals surface area (Å²) in [6, 6.07) is 9.93. The zero-order valence-corrected chi connectivity index (χ0v) is 15.8. The van der Waals surface area contributed by atoms with Crippen LogP contribution in [0.15, 0.2) is 55.1 Å². The average Bonchev–Trinajstić information content (AvgIpc) is 2.69. The summed E-state index contributed by atoms with van der Waals surface area (Å²) in [6.07, 6.45) is 6.48. The molecule has 0 radical (unpaired) electrons. The Bertz CT molecular complexity index is 1080. The summed E-state index contributed by atoms with van der Waals surface area (Å²) in [5.74, 6) is 1.13. The molecule has 0 unspecified atom stereocenters. The lowest BCUT2D eigenvalue weighted by molar-refractivity contribution is 1.15. The molecular weight excluding hydrogens is 441 g/mol. The highest BCUT2D eigenvalue weighted by Gasteiger charge is 2.13. The highest BCUT2D eigenvalue weighted by Crippen LogP contribution is 2.27. The Hall–Kier alpha value is -2.88. The van der Waals surface area contributed by atoms with Gasteiger partial charge in [-0.2, -0.15) is 0 Å². The normalized spacial score (nSPS) is 10.8. The minimum atomic E-state index is 0.521. The largest absolute Gasteiger partial charge is 0.396 e. The van der Waals surface area contributed by atoms with Crippen molar-refractivity contribution in [2.24, 2.45) is 0 Å². The van der Waals surface area contributed by atoms with E-state index >= 15 is 0 Å². The number of nitrogens with one attached hydrogen (secondary N) is 1. The van der Waals surface area contributed by atoms with Gasteiger partial charge in [-0.1, -0.05) is 40.8 Å². The molecule has 0 saturated heterocycles. The molecule has 0 aliphatic heterocycles. The Kier molecular flexibility index (Phi) is 4.57. The summed E-state index contributed by atoms with van der Waals surface area (Å²) in [5, 5.41) is 3.23. The van der Waals surface area contributed by atoms with Gasteiger partial charge in [0.25, 0.3) is 0 Å². The van der Waals surface area contributed by atoms with Crippen LogP contribution in [0.1, 0.15) is 5.56 Å². The van der Waals surface area contributed by atoms with Crippen LogP contribution in [-0.4, -0.2) is 24.9 Å². The Labute approximate surface area is 163 Å². The summed E-state index contributed by atoms with van der Waals surface area (Å²) >= 11 is 2.33. The number of alkyl halides is 1. The molecule has 0 fully saturated rings. The fraction of sp³-hybridized carbons (Fsp3) is 0.0556. The van der Waals surface area contributed by atoms with E-state index in [4.69, 9.17) is 5.73 Å². The summed E-state index contributed by atoms with van der Waals surface area (Å²) in [5.41, 5.74) is 10.5. The summed E-state index contributed by atoms with van der Waals surface area (Å²) in [6.45, 7) is 0. The monoisotopic (exact) mass is 455 g/mol. The summed E-state index contributed by atoms with van der Waals surface area (Å²) < 4.78 is 0.914. The molecule has 0 aliphatic rings. The fourth-order valence-electron chi connectivity index (χ4n) is 2.52. The molecule has 0 aliphatic carbocycles. The van der Waals surface area contributed by atoms with Crippen LogP contribution in [0.25, 0.3) is 22.6 Å². The van der Waals surface area contributed by atoms with E-state index in [9.17, 15) is 0 Å². The van der Waals surface area contributed by atoms with Gasteiger partial charge in [-0.25, -0.2) is 19.9 Å². The number of aromatic nitrogens is 5. The van der Waals surface area contributed by atoms with E-state index in [1.165, 1.54) is 5.56 Å². The summed E-state index contributed by atoms with van der Waals surface area (Å²) in [7, 11) is 0. The molecule has 0 bridgehead atoms.